The average Bonchev–Trinajstić information content (AvgIpc) is 3.32. The molecule has 0 radical (unpaired) electrons. The number of carbonyl (C=O) groups excluding carboxylic acids is 1. The Bertz CT molecular complexity index is 1030. The first-order chi connectivity index (χ1) is 13.4. The molecule has 0 unspecified atom stereocenters. The third-order valence-electron chi connectivity index (χ3n) is 4.87. The number of rotatable bonds is 4. The zero-order valence-electron chi connectivity index (χ0n) is 15.6. The van der Waals surface area contributed by atoms with Gasteiger partial charge in [-0.3, -0.25) is 4.79 Å². The van der Waals surface area contributed by atoms with Gasteiger partial charge in [0.1, 0.15) is 17.3 Å². The van der Waals surface area contributed by atoms with Crippen LogP contribution in [0.2, 0.25) is 0 Å². The Hall–Kier alpha value is -3.10. The summed E-state index contributed by atoms with van der Waals surface area (Å²) in [6.45, 7) is 5.26. The summed E-state index contributed by atoms with van der Waals surface area (Å²) in [5.74, 6) is 0.247. The second-order valence-corrected chi connectivity index (χ2v) is 7.14. The minimum Gasteiger partial charge on any atom is -0.338 e. The van der Waals surface area contributed by atoms with Crippen LogP contribution in [-0.2, 0) is 19.5 Å². The van der Waals surface area contributed by atoms with Crippen molar-refractivity contribution < 1.29 is 13.6 Å². The smallest absolute Gasteiger partial charge is 0.272 e. The molecule has 1 aliphatic rings. The van der Waals surface area contributed by atoms with Gasteiger partial charge in [-0.15, -0.1) is 10.2 Å². The molecule has 0 aliphatic carbocycles. The molecule has 0 spiro atoms. The fraction of sp³-hybridized carbons (Fsp3) is 0.368. The zero-order chi connectivity index (χ0) is 19.8. The molecule has 9 heteroatoms. The maximum absolute atomic E-state index is 13.9. The Morgan fingerprint density at radius 1 is 1.25 bits per heavy atom. The largest absolute Gasteiger partial charge is 0.338 e. The minimum absolute atomic E-state index is 0.142. The Labute approximate surface area is 160 Å². The van der Waals surface area contributed by atoms with Crippen molar-refractivity contribution >= 4 is 5.91 Å². The second kappa shape index (κ2) is 7.14. The van der Waals surface area contributed by atoms with Crippen LogP contribution in [0.4, 0.5) is 8.78 Å². The lowest BCUT2D eigenvalue weighted by atomic mass is 10.1. The fourth-order valence-corrected chi connectivity index (χ4v) is 3.29. The number of carbonyl (C=O) groups is 1. The van der Waals surface area contributed by atoms with E-state index in [1.54, 1.807) is 11.1 Å². The zero-order valence-corrected chi connectivity index (χ0v) is 15.6. The molecular weight excluding hydrogens is 366 g/mol. The molecule has 3 aromatic rings. The molecular formula is C19H20F2N6O. The number of amides is 1. The molecule has 0 fully saturated rings. The lowest BCUT2D eigenvalue weighted by molar-refractivity contribution is 0.0701. The van der Waals surface area contributed by atoms with Crippen LogP contribution in [0.15, 0.2) is 24.4 Å². The van der Waals surface area contributed by atoms with E-state index in [0.29, 0.717) is 37.0 Å². The highest BCUT2D eigenvalue weighted by atomic mass is 19.2. The Morgan fingerprint density at radius 3 is 2.82 bits per heavy atom. The molecule has 0 saturated heterocycles. The molecule has 1 aliphatic heterocycles. The van der Waals surface area contributed by atoms with Gasteiger partial charge in [-0.2, -0.15) is 0 Å². The van der Waals surface area contributed by atoms with Crippen molar-refractivity contribution in [1.29, 1.82) is 0 Å². The monoisotopic (exact) mass is 386 g/mol. The van der Waals surface area contributed by atoms with Crippen molar-refractivity contribution in [2.45, 2.75) is 39.3 Å². The summed E-state index contributed by atoms with van der Waals surface area (Å²) in [6.07, 6.45) is 1.69. The van der Waals surface area contributed by atoms with Crippen LogP contribution in [0, 0.1) is 11.6 Å². The van der Waals surface area contributed by atoms with E-state index in [0.717, 1.165) is 11.9 Å². The third-order valence-corrected chi connectivity index (χ3v) is 4.87. The number of benzene rings is 1. The summed E-state index contributed by atoms with van der Waals surface area (Å²) < 4.78 is 29.2. The lowest BCUT2D eigenvalue weighted by Crippen LogP contribution is -2.39. The number of H-pyrrole nitrogens is 1. The number of hydrogen-bond acceptors (Lipinski definition) is 4. The van der Waals surface area contributed by atoms with Crippen molar-refractivity contribution in [3.63, 3.8) is 0 Å². The van der Waals surface area contributed by atoms with Crippen LogP contribution < -0.4 is 0 Å². The van der Waals surface area contributed by atoms with Gasteiger partial charge in [-0.1, -0.05) is 26.0 Å². The first-order valence-corrected chi connectivity index (χ1v) is 9.12. The highest BCUT2D eigenvalue weighted by Crippen LogP contribution is 2.20. The maximum Gasteiger partial charge on any atom is 0.272 e. The van der Waals surface area contributed by atoms with Gasteiger partial charge >= 0.3 is 0 Å². The normalized spacial score (nSPS) is 13.8. The molecule has 146 valence electrons. The van der Waals surface area contributed by atoms with E-state index in [1.165, 1.54) is 12.1 Å². The molecule has 0 saturated carbocycles. The van der Waals surface area contributed by atoms with Crippen LogP contribution in [0.25, 0.3) is 0 Å². The van der Waals surface area contributed by atoms with Gasteiger partial charge in [0, 0.05) is 25.4 Å². The quantitative estimate of drug-likeness (QED) is 0.748. The predicted octanol–water partition coefficient (Wildman–Crippen LogP) is 2.65. The fourth-order valence-electron chi connectivity index (χ4n) is 3.29. The van der Waals surface area contributed by atoms with E-state index in [2.05, 4.69) is 20.2 Å². The van der Waals surface area contributed by atoms with Crippen LogP contribution in [-0.4, -0.2) is 42.1 Å². The summed E-state index contributed by atoms with van der Waals surface area (Å²) >= 11 is 0. The topological polar surface area (TPSA) is 79.7 Å². The summed E-state index contributed by atoms with van der Waals surface area (Å²) in [5, 5.41) is 8.27. The Morgan fingerprint density at radius 2 is 2.07 bits per heavy atom. The van der Waals surface area contributed by atoms with E-state index in [-0.39, 0.29) is 23.8 Å². The van der Waals surface area contributed by atoms with Crippen molar-refractivity contribution in [2.75, 3.05) is 6.54 Å². The summed E-state index contributed by atoms with van der Waals surface area (Å²) in [7, 11) is 0. The van der Waals surface area contributed by atoms with Crippen LogP contribution in [0.1, 0.15) is 53.3 Å². The first kappa shape index (κ1) is 18.3. The third kappa shape index (κ3) is 3.28. The standard InChI is InChI=1S/C19H20F2N6O/c1-11(2)18-22-9-14(23-18)19(28)26-6-7-27-15(24-25-16(27)10-26)8-12-4-3-5-13(20)17(12)21/h3-5,9,11H,6-8,10H2,1-2H3,(H,22,23). The number of aromatic nitrogens is 5. The van der Waals surface area contributed by atoms with E-state index in [1.807, 2.05) is 18.4 Å². The summed E-state index contributed by atoms with van der Waals surface area (Å²) in [4.78, 5) is 21.7. The van der Waals surface area contributed by atoms with E-state index in [4.69, 9.17) is 0 Å². The molecule has 0 atom stereocenters. The predicted molar refractivity (Wildman–Crippen MR) is 96.6 cm³/mol. The SMILES string of the molecule is CC(C)c1ncc(C(=O)N2CCn3c(Cc4cccc(F)c4F)nnc3C2)[nH]1. The summed E-state index contributed by atoms with van der Waals surface area (Å²) in [6, 6.07) is 4.09. The molecule has 1 aromatic carbocycles. The van der Waals surface area contributed by atoms with E-state index in [9.17, 15) is 13.6 Å². The summed E-state index contributed by atoms with van der Waals surface area (Å²) in [5.41, 5.74) is 0.672. The van der Waals surface area contributed by atoms with E-state index < -0.39 is 11.6 Å². The van der Waals surface area contributed by atoms with Crippen molar-refractivity contribution in [1.82, 2.24) is 29.6 Å². The number of aromatic amines is 1. The number of halogens is 2. The highest BCUT2D eigenvalue weighted by molar-refractivity contribution is 5.92. The van der Waals surface area contributed by atoms with Crippen LogP contribution in [0.5, 0.6) is 0 Å². The Balaban J connectivity index is 1.51. The Kier molecular flexibility index (Phi) is 4.66. The number of fused-ring (bicyclic) bond motifs is 1. The van der Waals surface area contributed by atoms with Gasteiger partial charge in [-0.05, 0) is 11.6 Å². The molecule has 1 amide bonds. The molecule has 2 aromatic heterocycles. The number of hydrogen-bond donors (Lipinski definition) is 1. The van der Waals surface area contributed by atoms with Gasteiger partial charge in [0.15, 0.2) is 17.5 Å². The van der Waals surface area contributed by atoms with Crippen LogP contribution in [0.3, 0.4) is 0 Å². The number of nitrogens with zero attached hydrogens (tertiary/aromatic N) is 5. The van der Waals surface area contributed by atoms with E-state index >= 15 is 0 Å². The molecule has 1 N–H and O–H groups in total. The molecule has 7 nitrogen and oxygen atoms in total. The molecule has 28 heavy (non-hydrogen) atoms. The van der Waals surface area contributed by atoms with Gasteiger partial charge < -0.3 is 14.5 Å². The van der Waals surface area contributed by atoms with Gasteiger partial charge in [-0.25, -0.2) is 13.8 Å². The van der Waals surface area contributed by atoms with Crippen molar-refractivity contribution in [2.24, 2.45) is 0 Å². The lowest BCUT2D eigenvalue weighted by Gasteiger charge is -2.27. The first-order valence-electron chi connectivity index (χ1n) is 9.12. The molecule has 3 heterocycles. The maximum atomic E-state index is 13.9. The van der Waals surface area contributed by atoms with Gasteiger partial charge in [0.25, 0.3) is 5.91 Å². The van der Waals surface area contributed by atoms with Crippen LogP contribution >= 0.6 is 0 Å². The second-order valence-electron chi connectivity index (χ2n) is 7.14. The highest BCUT2D eigenvalue weighted by Gasteiger charge is 2.27. The number of nitrogens with one attached hydrogen (secondary N) is 1. The van der Waals surface area contributed by atoms with Gasteiger partial charge in [0.05, 0.1) is 12.7 Å². The molecule has 4 rings (SSSR count). The average molecular weight is 386 g/mol. The van der Waals surface area contributed by atoms with Gasteiger partial charge in [0.2, 0.25) is 0 Å². The number of imidazole rings is 1. The van der Waals surface area contributed by atoms with Crippen molar-refractivity contribution in [3.8, 4) is 0 Å². The van der Waals surface area contributed by atoms with Crippen molar-refractivity contribution in [3.05, 3.63) is 64.8 Å². The molecule has 0 bridgehead atoms. The minimum atomic E-state index is -0.882.